The van der Waals surface area contributed by atoms with E-state index in [1.807, 2.05) is 0 Å². The maximum Gasteiger partial charge on any atom is 0.159 e. The zero-order valence-electron chi connectivity index (χ0n) is 11.7. The Labute approximate surface area is 121 Å². The Morgan fingerprint density at radius 1 is 1.32 bits per heavy atom. The van der Waals surface area contributed by atoms with Crippen LogP contribution in [0.4, 0.5) is 0 Å². The van der Waals surface area contributed by atoms with E-state index in [-0.39, 0.29) is 12.4 Å². The van der Waals surface area contributed by atoms with Crippen molar-refractivity contribution in [3.05, 3.63) is 11.1 Å². The summed E-state index contributed by atoms with van der Waals surface area (Å²) >= 11 is 0. The molecule has 1 heterocycles. The van der Waals surface area contributed by atoms with Crippen LogP contribution in [0.15, 0.2) is 11.1 Å². The molecule has 3 nitrogen and oxygen atoms in total. The lowest BCUT2D eigenvalue weighted by molar-refractivity contribution is -0.115. The lowest BCUT2D eigenvalue weighted by Gasteiger charge is -2.34. The summed E-state index contributed by atoms with van der Waals surface area (Å²) in [5.74, 6) is 1.57. The maximum absolute atomic E-state index is 12.0. The number of morpholine rings is 1. The van der Waals surface area contributed by atoms with Gasteiger partial charge in [0.1, 0.15) is 0 Å². The molecular weight excluding hydrogens is 262 g/mol. The SMILES string of the molecule is CC1CC(=O)C2=C1C(CN1CCOCC1)CCC2.Cl. The molecule has 0 N–H and O–H groups in total. The lowest BCUT2D eigenvalue weighted by atomic mass is 9.80. The number of ketones is 1. The molecule has 0 saturated carbocycles. The Balaban J connectivity index is 0.00000133. The van der Waals surface area contributed by atoms with Crippen LogP contribution in [0.25, 0.3) is 0 Å². The van der Waals surface area contributed by atoms with E-state index in [1.165, 1.54) is 24.0 Å². The number of Topliss-reactive ketones (excluding diaryl/α,β-unsaturated/α-hetero) is 1. The molecule has 19 heavy (non-hydrogen) atoms. The van der Waals surface area contributed by atoms with E-state index in [9.17, 15) is 4.79 Å². The van der Waals surface area contributed by atoms with Gasteiger partial charge in [0, 0.05) is 26.1 Å². The normalized spacial score (nSPS) is 32.2. The fourth-order valence-corrected chi connectivity index (χ4v) is 3.87. The number of hydrogen-bond donors (Lipinski definition) is 0. The highest BCUT2D eigenvalue weighted by Gasteiger charge is 2.36. The molecule has 0 amide bonds. The maximum atomic E-state index is 12.0. The highest BCUT2D eigenvalue weighted by Crippen LogP contribution is 2.42. The number of rotatable bonds is 2. The van der Waals surface area contributed by atoms with Crippen molar-refractivity contribution in [2.24, 2.45) is 11.8 Å². The molecule has 1 aliphatic heterocycles. The van der Waals surface area contributed by atoms with E-state index in [2.05, 4.69) is 11.8 Å². The third-order valence-corrected chi connectivity index (χ3v) is 4.71. The van der Waals surface area contributed by atoms with Gasteiger partial charge in [0.05, 0.1) is 13.2 Å². The predicted molar refractivity (Wildman–Crippen MR) is 77.7 cm³/mol. The number of carbonyl (C=O) groups excluding carboxylic acids is 1. The number of halogens is 1. The van der Waals surface area contributed by atoms with Crippen molar-refractivity contribution >= 4 is 18.2 Å². The molecule has 0 aromatic rings. The van der Waals surface area contributed by atoms with Crippen LogP contribution >= 0.6 is 12.4 Å². The molecule has 3 rings (SSSR count). The summed E-state index contributed by atoms with van der Waals surface area (Å²) in [4.78, 5) is 14.5. The van der Waals surface area contributed by atoms with Crippen LogP contribution in [0.2, 0.25) is 0 Å². The highest BCUT2D eigenvalue weighted by atomic mass is 35.5. The molecule has 0 aromatic carbocycles. The zero-order valence-corrected chi connectivity index (χ0v) is 12.5. The lowest BCUT2D eigenvalue weighted by Crippen LogP contribution is -2.40. The Hall–Kier alpha value is -0.380. The first-order valence-corrected chi connectivity index (χ1v) is 7.32. The second kappa shape index (κ2) is 6.38. The minimum atomic E-state index is 0. The van der Waals surface area contributed by atoms with E-state index in [0.29, 0.717) is 17.6 Å². The molecule has 3 aliphatic rings. The first-order valence-electron chi connectivity index (χ1n) is 7.32. The van der Waals surface area contributed by atoms with Crippen LogP contribution < -0.4 is 0 Å². The van der Waals surface area contributed by atoms with Gasteiger partial charge in [0.25, 0.3) is 0 Å². The number of ether oxygens (including phenoxy) is 1. The fourth-order valence-electron chi connectivity index (χ4n) is 3.87. The number of nitrogens with zero attached hydrogens (tertiary/aromatic N) is 1. The van der Waals surface area contributed by atoms with Crippen LogP contribution in [0.5, 0.6) is 0 Å². The van der Waals surface area contributed by atoms with Crippen LogP contribution in [-0.2, 0) is 9.53 Å². The minimum absolute atomic E-state index is 0. The molecule has 0 aromatic heterocycles. The average Bonchev–Trinajstić information content (AvgIpc) is 2.67. The number of carbonyl (C=O) groups is 1. The van der Waals surface area contributed by atoms with Gasteiger partial charge in [-0.15, -0.1) is 12.4 Å². The summed E-state index contributed by atoms with van der Waals surface area (Å²) in [6, 6.07) is 0. The smallest absolute Gasteiger partial charge is 0.159 e. The van der Waals surface area contributed by atoms with Crippen molar-refractivity contribution in [1.82, 2.24) is 4.90 Å². The Morgan fingerprint density at radius 2 is 2.05 bits per heavy atom. The monoisotopic (exact) mass is 285 g/mol. The first kappa shape index (κ1) is 15.0. The molecular formula is C15H24ClNO2. The van der Waals surface area contributed by atoms with Crippen molar-refractivity contribution in [1.29, 1.82) is 0 Å². The van der Waals surface area contributed by atoms with E-state index < -0.39 is 0 Å². The topological polar surface area (TPSA) is 29.5 Å². The Kier molecular flexibility index (Phi) is 5.04. The van der Waals surface area contributed by atoms with Crippen molar-refractivity contribution < 1.29 is 9.53 Å². The van der Waals surface area contributed by atoms with E-state index in [0.717, 1.165) is 45.7 Å². The quantitative estimate of drug-likeness (QED) is 0.780. The molecule has 2 atom stereocenters. The van der Waals surface area contributed by atoms with Crippen molar-refractivity contribution in [2.45, 2.75) is 32.6 Å². The van der Waals surface area contributed by atoms with Gasteiger partial charge in [-0.1, -0.05) is 12.5 Å². The number of hydrogen-bond acceptors (Lipinski definition) is 3. The van der Waals surface area contributed by atoms with Gasteiger partial charge in [-0.25, -0.2) is 0 Å². The fraction of sp³-hybridized carbons (Fsp3) is 0.800. The van der Waals surface area contributed by atoms with Crippen molar-refractivity contribution in [3.63, 3.8) is 0 Å². The van der Waals surface area contributed by atoms with Gasteiger partial charge in [-0.2, -0.15) is 0 Å². The first-order chi connectivity index (χ1) is 8.75. The standard InChI is InChI=1S/C15H23NO2.ClH/c1-11-9-14(17)13-4-2-3-12(15(11)13)10-16-5-7-18-8-6-16;/h11-12H,2-10H2,1H3;1H. The third kappa shape index (κ3) is 3.04. The van der Waals surface area contributed by atoms with E-state index in [1.54, 1.807) is 0 Å². The summed E-state index contributed by atoms with van der Waals surface area (Å²) in [6.45, 7) is 7.22. The summed E-state index contributed by atoms with van der Waals surface area (Å²) in [6.07, 6.45) is 4.28. The van der Waals surface area contributed by atoms with Gasteiger partial charge in [-0.3, -0.25) is 9.69 Å². The van der Waals surface area contributed by atoms with Gasteiger partial charge in [0.2, 0.25) is 0 Å². The molecule has 2 unspecified atom stereocenters. The summed E-state index contributed by atoms with van der Waals surface area (Å²) in [7, 11) is 0. The minimum Gasteiger partial charge on any atom is -0.379 e. The van der Waals surface area contributed by atoms with Crippen molar-refractivity contribution in [2.75, 3.05) is 32.8 Å². The molecule has 0 radical (unpaired) electrons. The summed E-state index contributed by atoms with van der Waals surface area (Å²) in [5, 5.41) is 0. The Bertz CT molecular complexity index is 374. The van der Waals surface area contributed by atoms with Gasteiger partial charge in [0.15, 0.2) is 5.78 Å². The van der Waals surface area contributed by atoms with E-state index in [4.69, 9.17) is 4.74 Å². The van der Waals surface area contributed by atoms with Crippen LogP contribution in [0, 0.1) is 11.8 Å². The predicted octanol–water partition coefficient (Wildman–Crippen LogP) is 2.45. The highest BCUT2D eigenvalue weighted by molar-refractivity contribution is 5.99. The summed E-state index contributed by atoms with van der Waals surface area (Å²) in [5.41, 5.74) is 2.71. The van der Waals surface area contributed by atoms with Gasteiger partial charge in [-0.05, 0) is 36.7 Å². The van der Waals surface area contributed by atoms with Gasteiger partial charge >= 0.3 is 0 Å². The molecule has 4 heteroatoms. The molecule has 2 aliphatic carbocycles. The Morgan fingerprint density at radius 3 is 2.79 bits per heavy atom. The largest absolute Gasteiger partial charge is 0.379 e. The zero-order chi connectivity index (χ0) is 12.5. The molecule has 0 spiro atoms. The molecule has 1 saturated heterocycles. The van der Waals surface area contributed by atoms with Crippen LogP contribution in [-0.4, -0.2) is 43.5 Å². The third-order valence-electron chi connectivity index (χ3n) is 4.71. The van der Waals surface area contributed by atoms with Gasteiger partial charge < -0.3 is 4.74 Å². The van der Waals surface area contributed by atoms with E-state index >= 15 is 0 Å². The second-order valence-electron chi connectivity index (χ2n) is 5.96. The van der Waals surface area contributed by atoms with Crippen LogP contribution in [0.1, 0.15) is 32.6 Å². The molecule has 108 valence electrons. The average molecular weight is 286 g/mol. The van der Waals surface area contributed by atoms with Crippen LogP contribution in [0.3, 0.4) is 0 Å². The number of allylic oxidation sites excluding steroid dienone is 1. The van der Waals surface area contributed by atoms with Crippen molar-refractivity contribution in [3.8, 4) is 0 Å². The summed E-state index contributed by atoms with van der Waals surface area (Å²) < 4.78 is 5.41. The second-order valence-corrected chi connectivity index (χ2v) is 5.96. The molecule has 0 bridgehead atoms. The molecule has 1 fully saturated rings.